The first kappa shape index (κ1) is 13.1. The van der Waals surface area contributed by atoms with Gasteiger partial charge in [0.2, 0.25) is 0 Å². The van der Waals surface area contributed by atoms with Crippen LogP contribution in [0.5, 0.6) is 0 Å². The van der Waals surface area contributed by atoms with Crippen LogP contribution in [0.25, 0.3) is 16.9 Å². The fourth-order valence-corrected chi connectivity index (χ4v) is 2.57. The molecule has 20 heavy (non-hydrogen) atoms. The summed E-state index contributed by atoms with van der Waals surface area (Å²) in [4.78, 5) is 0. The second-order valence-electron chi connectivity index (χ2n) is 4.77. The maximum Gasteiger partial charge on any atom is 0.0930 e. The van der Waals surface area contributed by atoms with Gasteiger partial charge in [-0.3, -0.25) is 0 Å². The van der Waals surface area contributed by atoms with Gasteiger partial charge in [-0.05, 0) is 25.1 Å². The maximum atomic E-state index is 4.74. The first-order chi connectivity index (χ1) is 9.78. The number of halogens is 1. The van der Waals surface area contributed by atoms with Gasteiger partial charge in [0, 0.05) is 10.9 Å². The first-order valence-corrected chi connectivity index (χ1v) is 7.67. The number of aryl methyl sites for hydroxylation is 1. The molecule has 0 aliphatic rings. The van der Waals surface area contributed by atoms with E-state index in [-0.39, 0.29) is 0 Å². The van der Waals surface area contributed by atoms with E-state index in [1.807, 2.05) is 22.9 Å². The Hall–Kier alpha value is -1.87. The van der Waals surface area contributed by atoms with E-state index in [0.717, 1.165) is 28.0 Å². The minimum Gasteiger partial charge on any atom is -0.236 e. The number of hydrogen-bond acceptors (Lipinski definition) is 1. The molecule has 3 aromatic rings. The minimum atomic E-state index is 0.778. The highest BCUT2D eigenvalue weighted by molar-refractivity contribution is 9.08. The highest BCUT2D eigenvalue weighted by Crippen LogP contribution is 2.23. The molecule has 0 fully saturated rings. The lowest BCUT2D eigenvalue weighted by Gasteiger charge is -2.05. The highest BCUT2D eigenvalue weighted by atomic mass is 79.9. The Labute approximate surface area is 127 Å². The lowest BCUT2D eigenvalue weighted by molar-refractivity contribution is 0.846. The lowest BCUT2D eigenvalue weighted by atomic mass is 10.1. The fraction of sp³-hybridized carbons (Fsp3) is 0.118. The Morgan fingerprint density at radius 2 is 1.70 bits per heavy atom. The predicted octanol–water partition coefficient (Wildman–Crippen LogP) is 4.74. The molecule has 100 valence electrons. The summed E-state index contributed by atoms with van der Waals surface area (Å²) in [7, 11) is 0. The molecule has 2 aromatic carbocycles. The molecule has 3 rings (SSSR count). The molecular formula is C17H15BrN2. The summed E-state index contributed by atoms with van der Waals surface area (Å²) in [6.45, 7) is 2.09. The Balaban J connectivity index is 2.07. The molecule has 2 nitrogen and oxygen atoms in total. The smallest absolute Gasteiger partial charge is 0.0930 e. The van der Waals surface area contributed by atoms with Crippen molar-refractivity contribution in [1.82, 2.24) is 9.78 Å². The molecular weight excluding hydrogens is 312 g/mol. The normalized spacial score (nSPS) is 10.7. The van der Waals surface area contributed by atoms with Crippen LogP contribution in [0.3, 0.4) is 0 Å². The van der Waals surface area contributed by atoms with E-state index in [9.17, 15) is 0 Å². The van der Waals surface area contributed by atoms with Crippen LogP contribution in [0.4, 0.5) is 0 Å². The van der Waals surface area contributed by atoms with Crippen molar-refractivity contribution < 1.29 is 0 Å². The third-order valence-electron chi connectivity index (χ3n) is 3.27. The van der Waals surface area contributed by atoms with Crippen LogP contribution >= 0.6 is 15.9 Å². The molecule has 0 spiro atoms. The van der Waals surface area contributed by atoms with Gasteiger partial charge in [-0.25, -0.2) is 4.68 Å². The summed E-state index contributed by atoms with van der Waals surface area (Å²) < 4.78 is 2.00. The van der Waals surface area contributed by atoms with Gasteiger partial charge in [-0.1, -0.05) is 64.0 Å². The second kappa shape index (κ2) is 5.63. The second-order valence-corrected chi connectivity index (χ2v) is 5.33. The molecule has 0 unspecified atom stereocenters. The monoisotopic (exact) mass is 326 g/mol. The molecule has 0 atom stereocenters. The Kier molecular flexibility index (Phi) is 3.70. The SMILES string of the molecule is Cc1ccc(-n2nc(-c3ccccc3)cc2CBr)cc1. The van der Waals surface area contributed by atoms with Crippen LogP contribution < -0.4 is 0 Å². The summed E-state index contributed by atoms with van der Waals surface area (Å²) in [5.74, 6) is 0. The summed E-state index contributed by atoms with van der Waals surface area (Å²) in [5.41, 5.74) is 5.63. The number of benzene rings is 2. The molecule has 0 saturated heterocycles. The van der Waals surface area contributed by atoms with Gasteiger partial charge in [-0.15, -0.1) is 0 Å². The quantitative estimate of drug-likeness (QED) is 0.635. The van der Waals surface area contributed by atoms with Gasteiger partial charge in [0.25, 0.3) is 0 Å². The van der Waals surface area contributed by atoms with E-state index in [0.29, 0.717) is 0 Å². The predicted molar refractivity (Wildman–Crippen MR) is 86.4 cm³/mol. The van der Waals surface area contributed by atoms with Crippen molar-refractivity contribution in [3.8, 4) is 16.9 Å². The van der Waals surface area contributed by atoms with Crippen molar-refractivity contribution in [2.45, 2.75) is 12.3 Å². The van der Waals surface area contributed by atoms with Crippen LogP contribution in [0, 0.1) is 6.92 Å². The van der Waals surface area contributed by atoms with E-state index in [1.165, 1.54) is 5.56 Å². The third-order valence-corrected chi connectivity index (χ3v) is 3.84. The van der Waals surface area contributed by atoms with E-state index < -0.39 is 0 Å². The molecule has 0 aliphatic heterocycles. The highest BCUT2D eigenvalue weighted by Gasteiger charge is 2.09. The lowest BCUT2D eigenvalue weighted by Crippen LogP contribution is -2.00. The zero-order chi connectivity index (χ0) is 13.9. The van der Waals surface area contributed by atoms with Crippen LogP contribution in [-0.2, 0) is 5.33 Å². The molecule has 0 radical (unpaired) electrons. The minimum absolute atomic E-state index is 0.778. The number of hydrogen-bond donors (Lipinski definition) is 0. The average molecular weight is 327 g/mol. The summed E-state index contributed by atoms with van der Waals surface area (Å²) in [6, 6.07) is 20.8. The molecule has 0 saturated carbocycles. The van der Waals surface area contributed by atoms with Crippen LogP contribution in [0.2, 0.25) is 0 Å². The molecule has 0 amide bonds. The van der Waals surface area contributed by atoms with Crippen LogP contribution in [-0.4, -0.2) is 9.78 Å². The van der Waals surface area contributed by atoms with Crippen molar-refractivity contribution in [2.24, 2.45) is 0 Å². The molecule has 3 heteroatoms. The summed E-state index contributed by atoms with van der Waals surface area (Å²) in [5, 5.41) is 5.52. The average Bonchev–Trinajstić information content (AvgIpc) is 2.93. The number of rotatable bonds is 3. The summed E-state index contributed by atoms with van der Waals surface area (Å²) in [6.07, 6.45) is 0. The largest absolute Gasteiger partial charge is 0.236 e. The van der Waals surface area contributed by atoms with Crippen molar-refractivity contribution in [3.05, 3.63) is 71.9 Å². The number of nitrogens with zero attached hydrogens (tertiary/aromatic N) is 2. The Morgan fingerprint density at radius 3 is 2.35 bits per heavy atom. The molecule has 0 bridgehead atoms. The fourth-order valence-electron chi connectivity index (χ4n) is 2.17. The van der Waals surface area contributed by atoms with E-state index in [2.05, 4.69) is 65.3 Å². The van der Waals surface area contributed by atoms with Crippen molar-refractivity contribution in [3.63, 3.8) is 0 Å². The van der Waals surface area contributed by atoms with Crippen molar-refractivity contribution in [2.75, 3.05) is 0 Å². The van der Waals surface area contributed by atoms with Gasteiger partial charge >= 0.3 is 0 Å². The van der Waals surface area contributed by atoms with E-state index >= 15 is 0 Å². The molecule has 0 aliphatic carbocycles. The van der Waals surface area contributed by atoms with Gasteiger partial charge in [0.05, 0.1) is 17.1 Å². The van der Waals surface area contributed by atoms with Crippen LogP contribution in [0.15, 0.2) is 60.7 Å². The number of alkyl halides is 1. The van der Waals surface area contributed by atoms with Crippen molar-refractivity contribution >= 4 is 15.9 Å². The van der Waals surface area contributed by atoms with E-state index in [1.54, 1.807) is 0 Å². The van der Waals surface area contributed by atoms with Gasteiger partial charge in [0.15, 0.2) is 0 Å². The van der Waals surface area contributed by atoms with Gasteiger partial charge < -0.3 is 0 Å². The summed E-state index contributed by atoms with van der Waals surface area (Å²) >= 11 is 3.55. The number of aromatic nitrogens is 2. The first-order valence-electron chi connectivity index (χ1n) is 6.55. The third kappa shape index (κ3) is 2.54. The van der Waals surface area contributed by atoms with Crippen LogP contribution in [0.1, 0.15) is 11.3 Å². The van der Waals surface area contributed by atoms with Crippen molar-refractivity contribution in [1.29, 1.82) is 0 Å². The molecule has 1 aromatic heterocycles. The van der Waals surface area contributed by atoms with Gasteiger partial charge in [0.1, 0.15) is 0 Å². The zero-order valence-electron chi connectivity index (χ0n) is 11.3. The molecule has 1 heterocycles. The maximum absolute atomic E-state index is 4.74. The molecule has 0 N–H and O–H groups in total. The topological polar surface area (TPSA) is 17.8 Å². The van der Waals surface area contributed by atoms with E-state index in [4.69, 9.17) is 5.10 Å². The Morgan fingerprint density at radius 1 is 1.00 bits per heavy atom. The Bertz CT molecular complexity index is 700. The zero-order valence-corrected chi connectivity index (χ0v) is 12.8. The standard InChI is InChI=1S/C17H15BrN2/c1-13-7-9-15(10-8-13)20-16(12-18)11-17(19-20)14-5-3-2-4-6-14/h2-11H,12H2,1H3. The van der Waals surface area contributed by atoms with Gasteiger partial charge in [-0.2, -0.15) is 5.10 Å².